The Balaban J connectivity index is 0.884. The van der Waals surface area contributed by atoms with Crippen LogP contribution in [0, 0.1) is 0 Å². The largest absolute Gasteiger partial charge is 0.463 e. The second-order valence-corrected chi connectivity index (χ2v) is 16.0. The van der Waals surface area contributed by atoms with Gasteiger partial charge in [-0.3, -0.25) is 14.8 Å². The molecule has 4 unspecified atom stereocenters. The van der Waals surface area contributed by atoms with Crippen molar-refractivity contribution in [2.45, 2.75) is 24.0 Å². The summed E-state index contributed by atoms with van der Waals surface area (Å²) in [5.74, 6) is 2.48. The minimum absolute atomic E-state index is 0.258. The van der Waals surface area contributed by atoms with Crippen molar-refractivity contribution in [3.63, 3.8) is 0 Å². The van der Waals surface area contributed by atoms with Gasteiger partial charge in [0.25, 0.3) is 0 Å². The molecule has 2 saturated heterocycles. The van der Waals surface area contributed by atoms with Crippen molar-refractivity contribution in [1.82, 2.24) is 9.80 Å². The van der Waals surface area contributed by atoms with Gasteiger partial charge < -0.3 is 10.5 Å². The summed E-state index contributed by atoms with van der Waals surface area (Å²) >= 11 is 0. The van der Waals surface area contributed by atoms with Gasteiger partial charge in [-0.05, 0) is 79.4 Å². The summed E-state index contributed by atoms with van der Waals surface area (Å²) in [4.78, 5) is 10.1. The van der Waals surface area contributed by atoms with E-state index in [1.807, 2.05) is 42.5 Å². The molecule has 5 aliphatic heterocycles. The highest BCUT2D eigenvalue weighted by Gasteiger charge is 2.64. The Morgan fingerprint density at radius 1 is 0.607 bits per heavy atom. The predicted molar refractivity (Wildman–Crippen MR) is 225 cm³/mol. The van der Waals surface area contributed by atoms with Crippen molar-refractivity contribution in [2.24, 2.45) is 10.7 Å². The Morgan fingerprint density at radius 3 is 1.91 bits per heavy atom. The summed E-state index contributed by atoms with van der Waals surface area (Å²) in [6.07, 6.45) is 2.01. The van der Waals surface area contributed by atoms with Gasteiger partial charge in [-0.1, -0.05) is 140 Å². The first kappa shape index (κ1) is 32.0. The van der Waals surface area contributed by atoms with Crippen molar-refractivity contribution >= 4 is 11.4 Å². The average Bonchev–Trinajstić information content (AvgIpc) is 4.12. The van der Waals surface area contributed by atoms with Crippen LogP contribution in [0.15, 0.2) is 185 Å². The molecule has 56 heavy (non-hydrogen) atoms. The summed E-state index contributed by atoms with van der Waals surface area (Å²) in [6, 6.07) is 55.4. The molecule has 0 amide bonds. The number of ether oxygens (including phenoxy) is 1. The molecule has 0 radical (unpaired) electrons. The van der Waals surface area contributed by atoms with Gasteiger partial charge in [0.15, 0.2) is 0 Å². The van der Waals surface area contributed by atoms with E-state index in [-0.39, 0.29) is 5.41 Å². The summed E-state index contributed by atoms with van der Waals surface area (Å²) in [7, 11) is 0. The van der Waals surface area contributed by atoms with Gasteiger partial charge in [0.05, 0.1) is 29.8 Å². The molecule has 2 fully saturated rings. The lowest BCUT2D eigenvalue weighted by atomic mass is 9.65. The fourth-order valence-electron chi connectivity index (χ4n) is 9.99. The third-order valence-electron chi connectivity index (χ3n) is 12.9. The first-order chi connectivity index (χ1) is 27.6. The lowest BCUT2D eigenvalue weighted by molar-refractivity contribution is 0.263. The molecule has 6 aliphatic rings. The maximum absolute atomic E-state index is 6.88. The van der Waals surface area contributed by atoms with E-state index in [1.165, 1.54) is 56.0 Å². The lowest BCUT2D eigenvalue weighted by Crippen LogP contribution is -2.38. The quantitative estimate of drug-likeness (QED) is 0.132. The highest BCUT2D eigenvalue weighted by atomic mass is 16.5. The van der Waals surface area contributed by atoms with E-state index in [0.717, 1.165) is 59.7 Å². The smallest absolute Gasteiger partial charge is 0.124 e. The van der Waals surface area contributed by atoms with Crippen LogP contribution >= 0.6 is 0 Å². The van der Waals surface area contributed by atoms with Gasteiger partial charge in [-0.2, -0.15) is 0 Å². The SMILES string of the molecule is N/C(=C\C(=NCc1ccccc1)c1ccccc1)c1cccc(-c2ccc(-c3ccc4c(c3)C3(C5=C(OC6=C3CN3CC63)C3CN3C5)c3ccccc3-4)cc2)c1. The molecule has 1 spiro atoms. The van der Waals surface area contributed by atoms with Crippen LogP contribution in [0.3, 0.4) is 0 Å². The van der Waals surface area contributed by atoms with Crippen LogP contribution in [0.4, 0.5) is 0 Å². The van der Waals surface area contributed by atoms with E-state index in [1.54, 1.807) is 0 Å². The lowest BCUT2D eigenvalue weighted by Gasteiger charge is -2.40. The third kappa shape index (κ3) is 4.84. The number of rotatable bonds is 7. The van der Waals surface area contributed by atoms with Crippen molar-refractivity contribution in [3.8, 4) is 33.4 Å². The molecule has 5 heteroatoms. The molecule has 1 aliphatic carbocycles. The molecule has 12 rings (SSSR count). The van der Waals surface area contributed by atoms with Gasteiger partial charge >= 0.3 is 0 Å². The van der Waals surface area contributed by atoms with Crippen LogP contribution in [-0.4, -0.2) is 53.8 Å². The van der Waals surface area contributed by atoms with E-state index in [9.17, 15) is 0 Å². The summed E-state index contributed by atoms with van der Waals surface area (Å²) in [6.45, 7) is 4.80. The van der Waals surface area contributed by atoms with Crippen LogP contribution in [0.25, 0.3) is 39.1 Å². The minimum atomic E-state index is -0.258. The molecule has 6 aromatic carbocycles. The predicted octanol–water partition coefficient (Wildman–Crippen LogP) is 9.21. The Bertz CT molecular complexity index is 2680. The van der Waals surface area contributed by atoms with Gasteiger partial charge in [0.2, 0.25) is 0 Å². The van der Waals surface area contributed by atoms with Crippen LogP contribution in [0.1, 0.15) is 27.8 Å². The minimum Gasteiger partial charge on any atom is -0.463 e. The molecular weight excluding hydrogens is 685 g/mol. The van der Waals surface area contributed by atoms with Crippen LogP contribution < -0.4 is 5.73 Å². The topological polar surface area (TPSA) is 53.6 Å². The van der Waals surface area contributed by atoms with E-state index in [4.69, 9.17) is 15.5 Å². The zero-order valence-electron chi connectivity index (χ0n) is 31.0. The number of benzene rings is 6. The van der Waals surface area contributed by atoms with Crippen LogP contribution in [0.2, 0.25) is 0 Å². The number of fused-ring (bicyclic) bond motifs is 11. The van der Waals surface area contributed by atoms with Crippen LogP contribution in [0.5, 0.6) is 0 Å². The Kier molecular flexibility index (Phi) is 6.93. The van der Waals surface area contributed by atoms with Crippen molar-refractivity contribution in [1.29, 1.82) is 0 Å². The number of nitrogens with zero attached hydrogens (tertiary/aromatic N) is 3. The van der Waals surface area contributed by atoms with E-state index >= 15 is 0 Å². The first-order valence-corrected chi connectivity index (χ1v) is 19.8. The number of hydrogen-bond acceptors (Lipinski definition) is 5. The first-order valence-electron chi connectivity index (χ1n) is 19.8. The highest BCUT2D eigenvalue weighted by Crippen LogP contribution is 2.65. The van der Waals surface area contributed by atoms with Crippen molar-refractivity contribution in [2.75, 3.05) is 26.2 Å². The van der Waals surface area contributed by atoms with Gasteiger partial charge in [0.1, 0.15) is 11.5 Å². The van der Waals surface area contributed by atoms with Gasteiger partial charge in [0, 0.05) is 43.0 Å². The summed E-state index contributed by atoms with van der Waals surface area (Å²) in [5.41, 5.74) is 24.6. The number of nitrogens with two attached hydrogens (primary N) is 1. The Hall–Kier alpha value is -6.27. The van der Waals surface area contributed by atoms with E-state index in [2.05, 4.69) is 125 Å². The molecule has 0 saturated carbocycles. The molecule has 4 atom stereocenters. The van der Waals surface area contributed by atoms with Gasteiger partial charge in [-0.15, -0.1) is 0 Å². The molecule has 2 N–H and O–H groups in total. The number of aliphatic imine (C=N–C) groups is 1. The van der Waals surface area contributed by atoms with E-state index < -0.39 is 0 Å². The van der Waals surface area contributed by atoms with E-state index in [0.29, 0.717) is 24.3 Å². The monoisotopic (exact) mass is 724 g/mol. The van der Waals surface area contributed by atoms with Crippen LogP contribution in [-0.2, 0) is 16.7 Å². The summed E-state index contributed by atoms with van der Waals surface area (Å²) in [5, 5.41) is 0. The molecule has 5 nitrogen and oxygen atoms in total. The standard InChI is InChI=1S/C51H40N4O/c52-45(26-46(35-12-5-2-6-13-35)53-27-32-10-3-1-4-11-32)38-15-9-14-36(24-38)33-18-20-34(21-19-33)37-22-23-40-39-16-7-8-17-41(39)51(42(40)25-37)43-28-54-30-47(54)49(43)56-50-44(51)29-55-31-48(50)55/h1-26,47-48H,27-31,52H2/b45-26-,53-46?. The zero-order valence-corrected chi connectivity index (χ0v) is 31.0. The Morgan fingerprint density at radius 2 is 1.20 bits per heavy atom. The van der Waals surface area contributed by atoms with Crippen molar-refractivity contribution in [3.05, 3.63) is 208 Å². The number of hydrogen-bond donors (Lipinski definition) is 1. The molecule has 0 bridgehead atoms. The summed E-state index contributed by atoms with van der Waals surface area (Å²) < 4.78 is 6.88. The third-order valence-corrected chi connectivity index (χ3v) is 12.9. The van der Waals surface area contributed by atoms with Crippen molar-refractivity contribution < 1.29 is 4.74 Å². The van der Waals surface area contributed by atoms with Gasteiger partial charge in [-0.25, -0.2) is 0 Å². The highest BCUT2D eigenvalue weighted by molar-refractivity contribution is 6.12. The fraction of sp³-hybridized carbons (Fsp3) is 0.157. The zero-order chi connectivity index (χ0) is 37.0. The second-order valence-electron chi connectivity index (χ2n) is 16.0. The molecule has 0 aromatic heterocycles. The number of allylic oxidation sites excluding steroid dienone is 1. The molecular formula is C51H40N4O. The molecule has 5 heterocycles. The Labute approximate surface area is 327 Å². The molecule has 270 valence electrons. The average molecular weight is 725 g/mol. The normalized spacial score (nSPS) is 24.9. The molecule has 6 aromatic rings. The fourth-order valence-corrected chi connectivity index (χ4v) is 9.99. The second kappa shape index (κ2) is 12.1. The maximum atomic E-state index is 6.88. The maximum Gasteiger partial charge on any atom is 0.124 e.